The van der Waals surface area contributed by atoms with Crippen molar-refractivity contribution in [2.45, 2.75) is 6.10 Å². The summed E-state index contributed by atoms with van der Waals surface area (Å²) < 4.78 is 11.1. The highest BCUT2D eigenvalue weighted by Gasteiger charge is 2.25. The van der Waals surface area contributed by atoms with Crippen LogP contribution in [0.4, 0.5) is 5.69 Å². The maximum atomic E-state index is 13.0. The van der Waals surface area contributed by atoms with Crippen LogP contribution in [0.2, 0.25) is 0 Å². The Kier molecular flexibility index (Phi) is 5.54. The first-order valence-corrected chi connectivity index (χ1v) is 10.6. The Hall–Kier alpha value is -3.01. The van der Waals surface area contributed by atoms with Crippen molar-refractivity contribution in [3.05, 3.63) is 42.2 Å². The molecule has 0 saturated carbocycles. The Labute approximate surface area is 180 Å². The number of benzene rings is 1. The van der Waals surface area contributed by atoms with Crippen molar-refractivity contribution in [2.24, 2.45) is 5.73 Å². The van der Waals surface area contributed by atoms with Gasteiger partial charge in [-0.05, 0) is 17.7 Å². The first-order valence-electron chi connectivity index (χ1n) is 10.6. The molecule has 2 saturated heterocycles. The minimum Gasteiger partial charge on any atom is -0.378 e. The molecule has 5 rings (SSSR count). The van der Waals surface area contributed by atoms with E-state index < -0.39 is 0 Å². The predicted molar refractivity (Wildman–Crippen MR) is 117 cm³/mol. The Morgan fingerprint density at radius 1 is 1.19 bits per heavy atom. The molecule has 0 aliphatic carbocycles. The number of aromatic nitrogens is 3. The van der Waals surface area contributed by atoms with Crippen molar-refractivity contribution in [3.8, 4) is 11.1 Å². The summed E-state index contributed by atoms with van der Waals surface area (Å²) in [5.41, 5.74) is 10.2. The smallest absolute Gasteiger partial charge is 0.254 e. The predicted octanol–water partition coefficient (Wildman–Crippen LogP) is 1.26. The van der Waals surface area contributed by atoms with Gasteiger partial charge in [0.25, 0.3) is 5.91 Å². The largest absolute Gasteiger partial charge is 0.378 e. The van der Waals surface area contributed by atoms with Crippen LogP contribution in [0.3, 0.4) is 0 Å². The Morgan fingerprint density at radius 2 is 2.06 bits per heavy atom. The highest BCUT2D eigenvalue weighted by Crippen LogP contribution is 2.37. The fourth-order valence-electron chi connectivity index (χ4n) is 4.27. The van der Waals surface area contributed by atoms with E-state index in [-0.39, 0.29) is 12.0 Å². The van der Waals surface area contributed by atoms with Gasteiger partial charge in [0.2, 0.25) is 0 Å². The lowest BCUT2D eigenvalue weighted by Crippen LogP contribution is -2.46. The summed E-state index contributed by atoms with van der Waals surface area (Å²) >= 11 is 0. The number of amides is 1. The van der Waals surface area contributed by atoms with Crippen molar-refractivity contribution >= 4 is 22.6 Å². The fraction of sp³-hybridized carbons (Fsp3) is 0.409. The lowest BCUT2D eigenvalue weighted by molar-refractivity contribution is 0.0303. The zero-order valence-electron chi connectivity index (χ0n) is 17.3. The average molecular weight is 422 g/mol. The Balaban J connectivity index is 1.55. The average Bonchev–Trinajstić information content (AvgIpc) is 3.32. The molecule has 162 valence electrons. The van der Waals surface area contributed by atoms with Gasteiger partial charge in [0.15, 0.2) is 5.65 Å². The first-order chi connectivity index (χ1) is 15.2. The number of ether oxygens (including phenoxy) is 2. The van der Waals surface area contributed by atoms with Crippen LogP contribution in [0.15, 0.2) is 36.7 Å². The maximum absolute atomic E-state index is 13.0. The van der Waals surface area contributed by atoms with E-state index in [1.54, 1.807) is 6.20 Å². The van der Waals surface area contributed by atoms with E-state index in [1.807, 2.05) is 35.4 Å². The van der Waals surface area contributed by atoms with E-state index in [9.17, 15) is 4.79 Å². The molecule has 1 aromatic carbocycles. The number of hydrogen-bond acceptors (Lipinski definition) is 7. The quantitative estimate of drug-likeness (QED) is 0.651. The number of anilines is 1. The summed E-state index contributed by atoms with van der Waals surface area (Å²) in [5.74, 6) is 0.0265. The normalized spacial score (nSPS) is 19.7. The molecule has 2 fully saturated rings. The molecule has 2 aliphatic heterocycles. The zero-order chi connectivity index (χ0) is 21.2. The maximum Gasteiger partial charge on any atom is 0.254 e. The van der Waals surface area contributed by atoms with Gasteiger partial charge in [-0.25, -0.2) is 4.98 Å². The molecule has 1 unspecified atom stereocenters. The summed E-state index contributed by atoms with van der Waals surface area (Å²) in [7, 11) is 0. The molecule has 0 spiro atoms. The number of aromatic amines is 1. The van der Waals surface area contributed by atoms with Crippen LogP contribution in [0, 0.1) is 0 Å². The lowest BCUT2D eigenvalue weighted by atomic mass is 10.00. The number of rotatable bonds is 4. The van der Waals surface area contributed by atoms with Gasteiger partial charge in [-0.1, -0.05) is 12.1 Å². The molecule has 9 nitrogen and oxygen atoms in total. The van der Waals surface area contributed by atoms with Crippen molar-refractivity contribution < 1.29 is 14.3 Å². The third kappa shape index (κ3) is 3.87. The van der Waals surface area contributed by atoms with Crippen LogP contribution in [-0.2, 0) is 9.47 Å². The molecule has 1 amide bonds. The summed E-state index contributed by atoms with van der Waals surface area (Å²) in [5, 5.41) is 8.10. The van der Waals surface area contributed by atoms with Gasteiger partial charge in [-0.3, -0.25) is 9.89 Å². The number of nitrogens with two attached hydrogens (primary N) is 1. The van der Waals surface area contributed by atoms with Gasteiger partial charge in [-0.15, -0.1) is 0 Å². The number of H-pyrrole nitrogens is 1. The minimum atomic E-state index is -0.0223. The molecule has 2 aliphatic rings. The standard InChI is InChI=1S/C22H26N6O3/c23-11-17-14-28(6-9-31-17)20-18(12-24-21-19(20)13-25-26-21)15-2-1-3-16(10-15)22(29)27-4-7-30-8-5-27/h1-3,10,12-13,17H,4-9,11,14,23H2,(H,24,25,26). The van der Waals surface area contributed by atoms with E-state index in [2.05, 4.69) is 20.1 Å². The number of nitrogens with one attached hydrogen (secondary N) is 1. The highest BCUT2D eigenvalue weighted by molar-refractivity contribution is 6.00. The molecule has 1 atom stereocenters. The summed E-state index contributed by atoms with van der Waals surface area (Å²) in [6, 6.07) is 7.76. The SMILES string of the molecule is NCC1CN(c2c(-c3cccc(C(=O)N4CCOCC4)c3)cnc3[nH]ncc23)CCO1. The second-order valence-electron chi connectivity index (χ2n) is 7.81. The second kappa shape index (κ2) is 8.62. The molecule has 0 bridgehead atoms. The van der Waals surface area contributed by atoms with E-state index in [0.717, 1.165) is 34.4 Å². The number of carbonyl (C=O) groups is 1. The molecule has 2 aromatic heterocycles. The van der Waals surface area contributed by atoms with Crippen LogP contribution in [0.1, 0.15) is 10.4 Å². The molecular formula is C22H26N6O3. The molecule has 0 radical (unpaired) electrons. The lowest BCUT2D eigenvalue weighted by Gasteiger charge is -2.35. The number of morpholine rings is 2. The summed E-state index contributed by atoms with van der Waals surface area (Å²) in [6.45, 7) is 4.91. The van der Waals surface area contributed by atoms with Crippen LogP contribution >= 0.6 is 0 Å². The Bertz CT molecular complexity index is 1080. The number of pyridine rings is 1. The summed E-state index contributed by atoms with van der Waals surface area (Å²) in [6.07, 6.45) is 3.63. The molecule has 31 heavy (non-hydrogen) atoms. The van der Waals surface area contributed by atoms with Crippen LogP contribution in [0.25, 0.3) is 22.2 Å². The monoisotopic (exact) mass is 422 g/mol. The molecular weight excluding hydrogens is 396 g/mol. The van der Waals surface area contributed by atoms with Gasteiger partial charge < -0.3 is 25.0 Å². The molecule has 3 aromatic rings. The third-order valence-corrected chi connectivity index (χ3v) is 5.89. The van der Waals surface area contributed by atoms with E-state index in [4.69, 9.17) is 15.2 Å². The highest BCUT2D eigenvalue weighted by atomic mass is 16.5. The van der Waals surface area contributed by atoms with Gasteiger partial charge in [0.1, 0.15) is 0 Å². The number of hydrogen-bond donors (Lipinski definition) is 2. The third-order valence-electron chi connectivity index (χ3n) is 5.89. The van der Waals surface area contributed by atoms with Crippen molar-refractivity contribution in [1.82, 2.24) is 20.1 Å². The van der Waals surface area contributed by atoms with Crippen molar-refractivity contribution in [2.75, 3.05) is 57.4 Å². The van der Waals surface area contributed by atoms with Gasteiger partial charge in [-0.2, -0.15) is 5.10 Å². The first kappa shape index (κ1) is 19.9. The number of fused-ring (bicyclic) bond motifs is 1. The van der Waals surface area contributed by atoms with E-state index in [1.165, 1.54) is 0 Å². The second-order valence-corrected chi connectivity index (χ2v) is 7.81. The number of nitrogens with zero attached hydrogens (tertiary/aromatic N) is 4. The topological polar surface area (TPSA) is 110 Å². The Morgan fingerprint density at radius 3 is 2.90 bits per heavy atom. The fourth-order valence-corrected chi connectivity index (χ4v) is 4.27. The van der Waals surface area contributed by atoms with Gasteiger partial charge in [0, 0.05) is 50.0 Å². The van der Waals surface area contributed by atoms with Crippen LogP contribution < -0.4 is 10.6 Å². The van der Waals surface area contributed by atoms with Crippen LogP contribution in [-0.4, -0.2) is 84.6 Å². The minimum absolute atomic E-state index is 0.0223. The van der Waals surface area contributed by atoms with Gasteiger partial charge >= 0.3 is 0 Å². The number of carbonyl (C=O) groups excluding carboxylic acids is 1. The molecule has 9 heteroatoms. The zero-order valence-corrected chi connectivity index (χ0v) is 17.3. The van der Waals surface area contributed by atoms with Crippen molar-refractivity contribution in [3.63, 3.8) is 0 Å². The van der Waals surface area contributed by atoms with Gasteiger partial charge in [0.05, 0.1) is 43.2 Å². The molecule has 4 heterocycles. The van der Waals surface area contributed by atoms with Crippen molar-refractivity contribution in [1.29, 1.82) is 0 Å². The van der Waals surface area contributed by atoms with E-state index >= 15 is 0 Å². The summed E-state index contributed by atoms with van der Waals surface area (Å²) in [4.78, 5) is 21.7. The van der Waals surface area contributed by atoms with E-state index in [0.29, 0.717) is 51.6 Å². The van der Waals surface area contributed by atoms with Crippen LogP contribution in [0.5, 0.6) is 0 Å². The molecule has 3 N–H and O–H groups in total.